The Bertz CT molecular complexity index is 1190. The van der Waals surface area contributed by atoms with Crippen molar-refractivity contribution in [1.82, 2.24) is 0 Å². The fourth-order valence-electron chi connectivity index (χ4n) is 6.28. The van der Waals surface area contributed by atoms with Gasteiger partial charge in [0.2, 0.25) is 5.78 Å². The van der Waals surface area contributed by atoms with Crippen molar-refractivity contribution in [3.8, 4) is 0 Å². The summed E-state index contributed by atoms with van der Waals surface area (Å²) in [5.41, 5.74) is 7.11. The normalized spacial score (nSPS) is 21.4. The number of hydrogen-bond acceptors (Lipinski definition) is 3. The van der Waals surface area contributed by atoms with E-state index < -0.39 is 0 Å². The first-order valence-corrected chi connectivity index (χ1v) is 14.1. The topological polar surface area (TPSA) is 58.0 Å². The highest BCUT2D eigenvalue weighted by Crippen LogP contribution is 2.38. The number of aryl methyl sites for hydroxylation is 2. The maximum atomic E-state index is 12.9. The summed E-state index contributed by atoms with van der Waals surface area (Å²) in [7, 11) is 0. The quantitative estimate of drug-likeness (QED) is 0.279. The van der Waals surface area contributed by atoms with E-state index in [4.69, 9.17) is 5.41 Å². The molecule has 4 rings (SSSR count). The van der Waals surface area contributed by atoms with Crippen molar-refractivity contribution in [1.29, 1.82) is 5.41 Å². The molecule has 2 aliphatic rings. The minimum atomic E-state index is -0.183. The van der Waals surface area contributed by atoms with Gasteiger partial charge in [0.1, 0.15) is 0 Å². The van der Waals surface area contributed by atoms with Gasteiger partial charge in [0.05, 0.1) is 5.71 Å². The highest BCUT2D eigenvalue weighted by Gasteiger charge is 2.26. The molecule has 196 valence electrons. The molecule has 1 fully saturated rings. The molecular formula is C34H43NO2. The smallest absolute Gasteiger partial charge is 0.206 e. The number of Topliss-reactive ketones (excluding diaryl/α,β-unsaturated/α-hetero) is 2. The summed E-state index contributed by atoms with van der Waals surface area (Å²) in [6.07, 6.45) is 11.4. The fraction of sp³-hybridized carbons (Fsp3) is 0.500. The lowest BCUT2D eigenvalue weighted by Gasteiger charge is -2.30. The van der Waals surface area contributed by atoms with Gasteiger partial charge in [-0.3, -0.25) is 9.59 Å². The molecule has 0 aromatic heterocycles. The Morgan fingerprint density at radius 2 is 1.73 bits per heavy atom. The van der Waals surface area contributed by atoms with Gasteiger partial charge < -0.3 is 5.41 Å². The van der Waals surface area contributed by atoms with Gasteiger partial charge in [-0.25, -0.2) is 0 Å². The van der Waals surface area contributed by atoms with Gasteiger partial charge in [-0.15, -0.1) is 0 Å². The summed E-state index contributed by atoms with van der Waals surface area (Å²) in [5, 5.41) is 8.36. The second kappa shape index (κ2) is 11.7. The fourth-order valence-corrected chi connectivity index (χ4v) is 6.28. The SMILES string of the molecule is Cc1cc(C(=O)C(=N)CCCC2=CC(C)(C)CCC2=O)ccc1CC1CCC(c2ccccc2C)CC1. The van der Waals surface area contributed by atoms with Crippen LogP contribution in [-0.4, -0.2) is 17.3 Å². The number of nitrogens with one attached hydrogen (secondary N) is 1. The van der Waals surface area contributed by atoms with Crippen LogP contribution >= 0.6 is 0 Å². The average Bonchev–Trinajstić information content (AvgIpc) is 2.87. The zero-order chi connectivity index (χ0) is 26.6. The molecule has 0 spiro atoms. The van der Waals surface area contributed by atoms with Crippen LogP contribution in [0.5, 0.6) is 0 Å². The van der Waals surface area contributed by atoms with Crippen molar-refractivity contribution >= 4 is 17.3 Å². The van der Waals surface area contributed by atoms with E-state index >= 15 is 0 Å². The van der Waals surface area contributed by atoms with Crippen molar-refractivity contribution in [2.75, 3.05) is 0 Å². The molecule has 0 unspecified atom stereocenters. The van der Waals surface area contributed by atoms with Crippen molar-refractivity contribution in [2.24, 2.45) is 11.3 Å². The first-order valence-electron chi connectivity index (χ1n) is 14.1. The number of benzene rings is 2. The number of allylic oxidation sites excluding steroid dienone is 2. The van der Waals surface area contributed by atoms with Crippen LogP contribution in [0.15, 0.2) is 54.1 Å². The van der Waals surface area contributed by atoms with E-state index in [-0.39, 0.29) is 22.7 Å². The molecule has 2 aliphatic carbocycles. The third-order valence-electron chi connectivity index (χ3n) is 8.65. The molecule has 1 N–H and O–H groups in total. The van der Waals surface area contributed by atoms with Crippen molar-refractivity contribution in [3.63, 3.8) is 0 Å². The summed E-state index contributed by atoms with van der Waals surface area (Å²) >= 11 is 0. The molecule has 0 atom stereocenters. The third kappa shape index (κ3) is 6.94. The minimum absolute atomic E-state index is 0.0616. The molecule has 3 nitrogen and oxygen atoms in total. The lowest BCUT2D eigenvalue weighted by Crippen LogP contribution is -2.20. The summed E-state index contributed by atoms with van der Waals surface area (Å²) in [5.74, 6) is 1.42. The summed E-state index contributed by atoms with van der Waals surface area (Å²) in [4.78, 5) is 25.2. The van der Waals surface area contributed by atoms with E-state index in [2.05, 4.69) is 64.1 Å². The Morgan fingerprint density at radius 1 is 1.00 bits per heavy atom. The number of ketones is 2. The van der Waals surface area contributed by atoms with Gasteiger partial charge in [-0.05, 0) is 123 Å². The van der Waals surface area contributed by atoms with Gasteiger partial charge in [-0.2, -0.15) is 0 Å². The third-order valence-corrected chi connectivity index (χ3v) is 8.65. The molecule has 0 aliphatic heterocycles. The molecule has 0 bridgehead atoms. The minimum Gasteiger partial charge on any atom is -0.301 e. The van der Waals surface area contributed by atoms with Gasteiger partial charge in [0, 0.05) is 12.0 Å². The molecule has 0 radical (unpaired) electrons. The van der Waals surface area contributed by atoms with Crippen molar-refractivity contribution in [2.45, 2.75) is 97.8 Å². The van der Waals surface area contributed by atoms with Crippen LogP contribution in [0.2, 0.25) is 0 Å². The Balaban J connectivity index is 1.28. The van der Waals surface area contributed by atoms with E-state index in [1.807, 2.05) is 12.1 Å². The highest BCUT2D eigenvalue weighted by molar-refractivity contribution is 6.44. The van der Waals surface area contributed by atoms with Gasteiger partial charge in [0.25, 0.3) is 0 Å². The lowest BCUT2D eigenvalue weighted by atomic mass is 9.75. The van der Waals surface area contributed by atoms with Crippen LogP contribution in [-0.2, 0) is 11.2 Å². The standard InChI is InChI=1S/C34H43NO2/c1-23-8-5-6-10-30(23)26-14-12-25(13-15-26)21-27-16-17-28(20-24(27)2)33(37)31(35)11-7-9-29-22-34(3,4)19-18-32(29)36/h5-6,8,10,16-17,20,22,25-26,35H,7,9,11-15,18-19,21H2,1-4H3. The summed E-state index contributed by atoms with van der Waals surface area (Å²) in [6.45, 7) is 8.64. The Morgan fingerprint density at radius 3 is 2.43 bits per heavy atom. The van der Waals surface area contributed by atoms with E-state index in [0.717, 1.165) is 24.0 Å². The van der Waals surface area contributed by atoms with Crippen LogP contribution in [0.3, 0.4) is 0 Å². The number of carbonyl (C=O) groups excluding carboxylic acids is 2. The van der Waals surface area contributed by atoms with Gasteiger partial charge >= 0.3 is 0 Å². The van der Waals surface area contributed by atoms with E-state index in [1.165, 1.54) is 42.4 Å². The first kappa shape index (κ1) is 27.2. The molecule has 2 aromatic rings. The van der Waals surface area contributed by atoms with Crippen LogP contribution in [0.4, 0.5) is 0 Å². The molecule has 2 aromatic carbocycles. The van der Waals surface area contributed by atoms with Crippen LogP contribution in [0.25, 0.3) is 0 Å². The number of hydrogen-bond donors (Lipinski definition) is 1. The molecule has 0 amide bonds. The zero-order valence-electron chi connectivity index (χ0n) is 23.2. The molecule has 0 saturated heterocycles. The second-order valence-corrected chi connectivity index (χ2v) is 12.2. The first-order chi connectivity index (χ1) is 17.6. The monoisotopic (exact) mass is 497 g/mol. The van der Waals surface area contributed by atoms with E-state index in [9.17, 15) is 9.59 Å². The molecule has 37 heavy (non-hydrogen) atoms. The van der Waals surface area contributed by atoms with Crippen LogP contribution < -0.4 is 0 Å². The lowest BCUT2D eigenvalue weighted by molar-refractivity contribution is -0.116. The number of rotatable bonds is 9. The maximum absolute atomic E-state index is 12.9. The van der Waals surface area contributed by atoms with Crippen molar-refractivity contribution < 1.29 is 9.59 Å². The predicted octanol–water partition coefficient (Wildman–Crippen LogP) is 8.51. The Kier molecular flexibility index (Phi) is 8.62. The summed E-state index contributed by atoms with van der Waals surface area (Å²) < 4.78 is 0. The van der Waals surface area contributed by atoms with Crippen molar-refractivity contribution in [3.05, 3.63) is 81.9 Å². The maximum Gasteiger partial charge on any atom is 0.206 e. The van der Waals surface area contributed by atoms with Gasteiger partial charge in [-0.1, -0.05) is 56.3 Å². The molecule has 1 saturated carbocycles. The highest BCUT2D eigenvalue weighted by atomic mass is 16.1. The average molecular weight is 498 g/mol. The van der Waals surface area contributed by atoms with Crippen LogP contribution in [0.1, 0.15) is 110 Å². The Labute approximate surface area is 223 Å². The molecule has 3 heteroatoms. The van der Waals surface area contributed by atoms with Crippen LogP contribution in [0, 0.1) is 30.6 Å². The zero-order valence-corrected chi connectivity index (χ0v) is 23.2. The van der Waals surface area contributed by atoms with E-state index in [1.54, 1.807) is 0 Å². The Hall–Kier alpha value is -2.81. The molecular weight excluding hydrogens is 454 g/mol. The summed E-state index contributed by atoms with van der Waals surface area (Å²) in [6, 6.07) is 14.8. The second-order valence-electron chi connectivity index (χ2n) is 12.2. The largest absolute Gasteiger partial charge is 0.301 e. The van der Waals surface area contributed by atoms with E-state index in [0.29, 0.717) is 43.1 Å². The number of carbonyl (C=O) groups is 2. The van der Waals surface area contributed by atoms with Gasteiger partial charge in [0.15, 0.2) is 5.78 Å². The predicted molar refractivity (Wildman–Crippen MR) is 153 cm³/mol. The molecule has 0 heterocycles.